The van der Waals surface area contributed by atoms with E-state index >= 15 is 0 Å². The van der Waals surface area contributed by atoms with E-state index in [-0.39, 0.29) is 48.3 Å². The Labute approximate surface area is 383 Å². The summed E-state index contributed by atoms with van der Waals surface area (Å²) in [5.41, 5.74) is 3.71. The van der Waals surface area contributed by atoms with Crippen LogP contribution in [0.5, 0.6) is 0 Å². The molecule has 2 fully saturated rings. The molecular formula is C52H83NO8Si2. The van der Waals surface area contributed by atoms with Crippen LogP contribution >= 0.6 is 0 Å². The van der Waals surface area contributed by atoms with Crippen LogP contribution in [0.4, 0.5) is 4.79 Å². The number of hydrogen-bond donors (Lipinski definition) is 0. The molecule has 4 rings (SSSR count). The Hall–Kier alpha value is -2.94. The van der Waals surface area contributed by atoms with Crippen molar-refractivity contribution in [1.29, 1.82) is 0 Å². The third kappa shape index (κ3) is 11.9. The number of rotatable bonds is 23. The van der Waals surface area contributed by atoms with Gasteiger partial charge in [0.2, 0.25) is 14.2 Å². The number of Topliss-reactive ketones (excluding diaryl/α,β-unsaturated/α-hetero) is 1. The van der Waals surface area contributed by atoms with E-state index < -0.39 is 59.1 Å². The van der Waals surface area contributed by atoms with Crippen molar-refractivity contribution in [3.63, 3.8) is 0 Å². The summed E-state index contributed by atoms with van der Waals surface area (Å²) in [4.78, 5) is 43.6. The molecule has 63 heavy (non-hydrogen) atoms. The van der Waals surface area contributed by atoms with Crippen LogP contribution in [-0.4, -0.2) is 76.4 Å². The predicted molar refractivity (Wildman–Crippen MR) is 259 cm³/mol. The molecule has 0 saturated carbocycles. The van der Waals surface area contributed by atoms with Gasteiger partial charge in [0.05, 0.1) is 30.3 Å². The van der Waals surface area contributed by atoms with Crippen LogP contribution in [0, 0.1) is 29.6 Å². The number of carbonyl (C=O) groups is 3. The second-order valence-corrected chi connectivity index (χ2v) is 30.1. The van der Waals surface area contributed by atoms with Crippen LogP contribution in [0.25, 0.3) is 0 Å². The molecule has 11 heteroatoms. The van der Waals surface area contributed by atoms with E-state index in [2.05, 4.69) is 89.7 Å². The summed E-state index contributed by atoms with van der Waals surface area (Å²) in [6.45, 7) is 37.6. The summed E-state index contributed by atoms with van der Waals surface area (Å²) in [7, 11) is -4.36. The summed E-state index contributed by atoms with van der Waals surface area (Å²) >= 11 is 0. The van der Waals surface area contributed by atoms with Gasteiger partial charge in [0.15, 0.2) is 20.4 Å². The second-order valence-electron chi connectivity index (χ2n) is 20.0. The molecule has 0 N–H and O–H groups in total. The van der Waals surface area contributed by atoms with Crippen LogP contribution in [0.2, 0.25) is 34.8 Å². The van der Waals surface area contributed by atoms with E-state index in [9.17, 15) is 14.4 Å². The Balaban J connectivity index is 1.60. The highest BCUT2D eigenvalue weighted by atomic mass is 28.4. The number of hydrogen-bond acceptors (Lipinski definition) is 8. The van der Waals surface area contributed by atoms with Gasteiger partial charge in [-0.1, -0.05) is 164 Å². The maximum Gasteiger partial charge on any atom is 0.416 e. The zero-order valence-corrected chi connectivity index (χ0v) is 43.5. The van der Waals surface area contributed by atoms with Crippen molar-refractivity contribution < 1.29 is 37.4 Å². The fourth-order valence-corrected chi connectivity index (χ4v) is 19.7. The highest BCUT2D eigenvalue weighted by molar-refractivity contribution is 6.77. The van der Waals surface area contributed by atoms with E-state index in [1.807, 2.05) is 81.4 Å². The molecule has 2 aliphatic rings. The molecule has 0 spiro atoms. The molecule has 0 radical (unpaired) electrons. The standard InChI is InChI=1S/C52H83NO8Si2/c1-17-62(18-2,19-3)61-49(38(12)42(16)60-63(33(4)5,34(6)7)35(8)9)39(13)46(54)36(10)30-37(11)47-40(14)48(59-51(58-47)44-28-24-21-25-29-44)41(15)50(55)53-45(32-57-52(53)56)31-43-26-22-20-23-27-43/h20-29,33-35,37-42,45,47-49,51H,10,17-19,30-32H2,1-9,11-16H3/t37-,38-,39-,40+,41+,42+,45+,47-,48-,49-,51-/m0/s1. The molecule has 2 amide bonds. The number of imide groups is 1. The Morgan fingerprint density at radius 2 is 1.30 bits per heavy atom. The number of benzene rings is 2. The van der Waals surface area contributed by atoms with Crippen LogP contribution in [0.1, 0.15) is 128 Å². The minimum Gasteiger partial charge on any atom is -0.447 e. The number of nitrogens with zero attached hydrogens (tertiary/aromatic N) is 1. The third-order valence-electron chi connectivity index (χ3n) is 15.1. The normalized spacial score (nSPS) is 23.9. The third-order valence-corrected chi connectivity index (χ3v) is 26.0. The van der Waals surface area contributed by atoms with Crippen LogP contribution < -0.4 is 0 Å². The minimum atomic E-state index is -2.21. The number of cyclic esters (lactones) is 1. The molecular weight excluding hydrogens is 823 g/mol. The molecule has 352 valence electrons. The van der Waals surface area contributed by atoms with Gasteiger partial charge in [-0.05, 0) is 71.6 Å². The highest BCUT2D eigenvalue weighted by Gasteiger charge is 2.50. The maximum absolute atomic E-state index is 14.8. The summed E-state index contributed by atoms with van der Waals surface area (Å²) in [5.74, 6) is -1.90. The first-order valence-electron chi connectivity index (χ1n) is 24.2. The lowest BCUT2D eigenvalue weighted by Crippen LogP contribution is -2.54. The number of ether oxygens (including phenoxy) is 3. The molecule has 11 atom stereocenters. The first kappa shape index (κ1) is 52.7. The van der Waals surface area contributed by atoms with Gasteiger partial charge in [-0.3, -0.25) is 9.59 Å². The van der Waals surface area contributed by atoms with Gasteiger partial charge >= 0.3 is 6.09 Å². The van der Waals surface area contributed by atoms with Crippen molar-refractivity contribution in [2.45, 2.75) is 188 Å². The van der Waals surface area contributed by atoms with Gasteiger partial charge in [0, 0.05) is 29.4 Å². The Morgan fingerprint density at radius 1 is 0.778 bits per heavy atom. The SMILES string of the molecule is C=C(C[C@H](C)[C@@H]1O[C@H](c2ccccc2)O[C@H]([C@@H](C)C(=O)N2C(=O)OC[C@H]2Cc2ccccc2)[C@@H]1C)C(=O)[C@H](C)[C@@H](O[Si](CC)(CC)CC)[C@@H](C)[C@@H](C)O[Si](C(C)C)(C(C)C)C(C)C. The van der Waals surface area contributed by atoms with Crippen molar-refractivity contribution in [3.05, 3.63) is 83.9 Å². The van der Waals surface area contributed by atoms with Gasteiger partial charge < -0.3 is 23.1 Å². The van der Waals surface area contributed by atoms with Crippen molar-refractivity contribution in [2.75, 3.05) is 6.61 Å². The van der Waals surface area contributed by atoms with Gasteiger partial charge in [0.1, 0.15) is 6.61 Å². The first-order chi connectivity index (χ1) is 29.7. The number of amides is 2. The Morgan fingerprint density at radius 3 is 1.83 bits per heavy atom. The summed E-state index contributed by atoms with van der Waals surface area (Å²) in [6, 6.07) is 22.1. The fraction of sp³-hybridized carbons (Fsp3) is 0.673. The number of allylic oxidation sites excluding steroid dienone is 1. The number of ketones is 1. The average molecular weight is 906 g/mol. The summed E-state index contributed by atoms with van der Waals surface area (Å²) in [6.07, 6.45) is -1.89. The molecule has 0 aliphatic carbocycles. The molecule has 0 aromatic heterocycles. The smallest absolute Gasteiger partial charge is 0.416 e. The molecule has 2 aromatic rings. The van der Waals surface area contributed by atoms with Gasteiger partial charge in [-0.15, -0.1) is 0 Å². The van der Waals surface area contributed by atoms with Crippen molar-refractivity contribution in [2.24, 2.45) is 29.6 Å². The van der Waals surface area contributed by atoms with Gasteiger partial charge in [0.25, 0.3) is 0 Å². The lowest BCUT2D eigenvalue weighted by atomic mass is 9.78. The molecule has 2 aromatic carbocycles. The second kappa shape index (κ2) is 23.0. The van der Waals surface area contributed by atoms with Crippen molar-refractivity contribution in [1.82, 2.24) is 4.90 Å². The zero-order chi connectivity index (χ0) is 47.0. The van der Waals surface area contributed by atoms with Crippen LogP contribution in [0.3, 0.4) is 0 Å². The maximum atomic E-state index is 14.8. The largest absolute Gasteiger partial charge is 0.447 e. The fourth-order valence-electron chi connectivity index (χ4n) is 11.0. The highest BCUT2D eigenvalue weighted by Crippen LogP contribution is 2.45. The van der Waals surface area contributed by atoms with E-state index in [0.29, 0.717) is 35.0 Å². The van der Waals surface area contributed by atoms with E-state index in [1.54, 1.807) is 0 Å². The Bertz CT molecular complexity index is 1750. The zero-order valence-electron chi connectivity index (χ0n) is 41.5. The van der Waals surface area contributed by atoms with Gasteiger partial charge in [-0.25, -0.2) is 9.69 Å². The molecule has 9 nitrogen and oxygen atoms in total. The van der Waals surface area contributed by atoms with Gasteiger partial charge in [-0.2, -0.15) is 0 Å². The van der Waals surface area contributed by atoms with E-state index in [4.69, 9.17) is 23.1 Å². The predicted octanol–water partition coefficient (Wildman–Crippen LogP) is 12.7. The van der Waals surface area contributed by atoms with Crippen molar-refractivity contribution >= 4 is 34.4 Å². The molecule has 2 saturated heterocycles. The summed E-state index contributed by atoms with van der Waals surface area (Å²) < 4.78 is 33.7. The topological polar surface area (TPSA) is 101 Å². The van der Waals surface area contributed by atoms with E-state index in [0.717, 1.165) is 29.3 Å². The Kier molecular flexibility index (Phi) is 19.2. The summed E-state index contributed by atoms with van der Waals surface area (Å²) in [5, 5.41) is 0. The minimum absolute atomic E-state index is 0.00798. The van der Waals surface area contributed by atoms with Crippen LogP contribution in [0.15, 0.2) is 72.8 Å². The number of carbonyl (C=O) groups excluding carboxylic acids is 3. The quantitative estimate of drug-likeness (QED) is 0.0803. The lowest BCUT2D eigenvalue weighted by molar-refractivity contribution is -0.288. The van der Waals surface area contributed by atoms with Crippen molar-refractivity contribution in [3.8, 4) is 0 Å². The lowest BCUT2D eigenvalue weighted by Gasteiger charge is -2.47. The first-order valence-corrected chi connectivity index (χ1v) is 28.8. The molecule has 2 aliphatic heterocycles. The average Bonchev–Trinajstić information content (AvgIpc) is 3.63. The molecule has 0 bridgehead atoms. The van der Waals surface area contributed by atoms with E-state index in [1.165, 1.54) is 4.90 Å². The molecule has 0 unspecified atom stereocenters. The molecule has 2 heterocycles. The van der Waals surface area contributed by atoms with Crippen LogP contribution in [-0.2, 0) is 39.1 Å². The monoisotopic (exact) mass is 906 g/mol.